The van der Waals surface area contributed by atoms with Gasteiger partial charge in [0.1, 0.15) is 0 Å². The molecule has 0 rings (SSSR count). The standard InChI is InChI=1S/C2H3BO4.Li.H/c3-7-2(6)1(4)5;;/h3H2,(H,4,5);;. The van der Waals surface area contributed by atoms with Gasteiger partial charge in [0.2, 0.25) is 0 Å². The van der Waals surface area contributed by atoms with Gasteiger partial charge in [0.25, 0.3) is 0 Å². The first kappa shape index (κ1) is 10.6. The number of rotatable bonds is 0. The van der Waals surface area contributed by atoms with Crippen LogP contribution in [0.4, 0.5) is 0 Å². The van der Waals surface area contributed by atoms with Crippen molar-refractivity contribution in [3.8, 4) is 0 Å². The number of aliphatic carboxylic acids is 1. The second kappa shape index (κ2) is 4.75. The summed E-state index contributed by atoms with van der Waals surface area (Å²) in [5, 5.41) is 7.71. The molecule has 1 N–H and O–H groups in total. The van der Waals surface area contributed by atoms with Crippen LogP contribution in [0.25, 0.3) is 0 Å². The zero-order chi connectivity index (χ0) is 5.86. The van der Waals surface area contributed by atoms with Crippen molar-refractivity contribution in [1.82, 2.24) is 0 Å². The molecule has 0 aliphatic rings. The van der Waals surface area contributed by atoms with Gasteiger partial charge in [-0.25, -0.2) is 9.59 Å². The van der Waals surface area contributed by atoms with Crippen molar-refractivity contribution >= 4 is 38.8 Å². The van der Waals surface area contributed by atoms with Crippen molar-refractivity contribution in [2.24, 2.45) is 0 Å². The van der Waals surface area contributed by atoms with E-state index < -0.39 is 11.9 Å². The summed E-state index contributed by atoms with van der Waals surface area (Å²) < 4.78 is 3.77. The topological polar surface area (TPSA) is 63.6 Å². The van der Waals surface area contributed by atoms with Crippen molar-refractivity contribution in [3.63, 3.8) is 0 Å². The quantitative estimate of drug-likeness (QED) is 0.276. The molecule has 0 fully saturated rings. The fourth-order valence-electron chi connectivity index (χ4n) is 0.0873. The summed E-state index contributed by atoms with van der Waals surface area (Å²) in [5.41, 5.74) is 0. The Hall–Kier alpha value is -0.398. The number of hydrogen-bond donors (Lipinski definition) is 1. The number of carboxylic acid groups (broad SMARTS) is 1. The second-order valence-corrected chi connectivity index (χ2v) is 0.797. The van der Waals surface area contributed by atoms with Gasteiger partial charge in [-0.3, -0.25) is 0 Å². The van der Waals surface area contributed by atoms with Crippen molar-refractivity contribution in [1.29, 1.82) is 0 Å². The first-order chi connectivity index (χ1) is 3.18. The van der Waals surface area contributed by atoms with E-state index in [1.54, 1.807) is 0 Å². The summed E-state index contributed by atoms with van der Waals surface area (Å²) in [6.07, 6.45) is 0. The number of hydrogen-bond acceptors (Lipinski definition) is 3. The average molecular weight is 110 g/mol. The van der Waals surface area contributed by atoms with Crippen LogP contribution in [0, 0.1) is 0 Å². The molecule has 6 heteroatoms. The van der Waals surface area contributed by atoms with Gasteiger partial charge in [-0.1, -0.05) is 0 Å². The molecule has 40 valence electrons. The third kappa shape index (κ3) is 3.78. The Balaban J connectivity index is 0. The minimum absolute atomic E-state index is 0. The molecule has 0 aliphatic heterocycles. The number of carbonyl (C=O) groups is 2. The van der Waals surface area contributed by atoms with Gasteiger partial charge in [0, 0.05) is 0 Å². The summed E-state index contributed by atoms with van der Waals surface area (Å²) in [6.45, 7) is 0. The fraction of sp³-hybridized carbons (Fsp3) is 0. The summed E-state index contributed by atoms with van der Waals surface area (Å²) in [5.74, 6) is -2.80. The molecule has 0 heterocycles. The average Bonchev–Trinajstić information content (AvgIpc) is 1.65. The van der Waals surface area contributed by atoms with Crippen molar-refractivity contribution in [2.75, 3.05) is 0 Å². The minimum atomic E-state index is -1.57. The predicted octanol–water partition coefficient (Wildman–Crippen LogP) is -2.49. The molecule has 0 unspecified atom stereocenters. The third-order valence-electron chi connectivity index (χ3n) is 0.360. The van der Waals surface area contributed by atoms with Gasteiger partial charge in [0.05, 0.1) is 0 Å². The Morgan fingerprint density at radius 1 is 1.50 bits per heavy atom. The summed E-state index contributed by atoms with van der Waals surface area (Å²) in [4.78, 5) is 19.1. The van der Waals surface area contributed by atoms with Crippen molar-refractivity contribution in [2.45, 2.75) is 0 Å². The molecule has 4 nitrogen and oxygen atoms in total. The molecule has 0 amide bonds. The van der Waals surface area contributed by atoms with E-state index >= 15 is 0 Å². The Kier molecular flexibility index (Phi) is 6.27. The van der Waals surface area contributed by atoms with Gasteiger partial charge in [0.15, 0.2) is 0 Å². The van der Waals surface area contributed by atoms with Crippen molar-refractivity contribution in [3.05, 3.63) is 0 Å². The van der Waals surface area contributed by atoms with Crippen LogP contribution in [0.1, 0.15) is 0 Å². The molecule has 0 spiro atoms. The third-order valence-corrected chi connectivity index (χ3v) is 0.360. The molecular formula is C2H4BLiO4. The van der Waals surface area contributed by atoms with Crippen LogP contribution in [0.15, 0.2) is 0 Å². The van der Waals surface area contributed by atoms with E-state index in [4.69, 9.17) is 5.11 Å². The van der Waals surface area contributed by atoms with E-state index in [1.807, 2.05) is 0 Å². The molecular weight excluding hydrogens is 106 g/mol. The summed E-state index contributed by atoms with van der Waals surface area (Å²) in [6, 6.07) is 0. The van der Waals surface area contributed by atoms with E-state index in [2.05, 4.69) is 4.65 Å². The van der Waals surface area contributed by atoms with E-state index in [-0.39, 0.29) is 18.9 Å². The molecule has 8 heavy (non-hydrogen) atoms. The molecule has 0 radical (unpaired) electrons. The normalized spacial score (nSPS) is 6.50. The molecule has 0 saturated heterocycles. The van der Waals surface area contributed by atoms with Gasteiger partial charge in [-0.15, -0.1) is 0 Å². The van der Waals surface area contributed by atoms with Crippen LogP contribution in [-0.4, -0.2) is 44.0 Å². The van der Waals surface area contributed by atoms with E-state index in [1.165, 1.54) is 0 Å². The summed E-state index contributed by atoms with van der Waals surface area (Å²) >= 11 is 0. The van der Waals surface area contributed by atoms with Crippen LogP contribution < -0.4 is 0 Å². The predicted molar refractivity (Wildman–Crippen MR) is 29.4 cm³/mol. The first-order valence-electron chi connectivity index (χ1n) is 1.49. The fourth-order valence-corrected chi connectivity index (χ4v) is 0.0873. The van der Waals surface area contributed by atoms with Crippen LogP contribution in [-0.2, 0) is 14.2 Å². The van der Waals surface area contributed by atoms with E-state index in [0.717, 1.165) is 8.05 Å². The van der Waals surface area contributed by atoms with Crippen LogP contribution in [0.5, 0.6) is 0 Å². The van der Waals surface area contributed by atoms with Gasteiger partial charge < -0.3 is 9.76 Å². The molecule has 0 aromatic rings. The Morgan fingerprint density at radius 2 is 1.88 bits per heavy atom. The molecule has 0 aromatic heterocycles. The van der Waals surface area contributed by atoms with Gasteiger partial charge in [-0.05, 0) is 0 Å². The van der Waals surface area contributed by atoms with Crippen LogP contribution in [0.2, 0.25) is 0 Å². The summed E-state index contributed by atoms with van der Waals surface area (Å²) in [7, 11) is 1.01. The van der Waals surface area contributed by atoms with Crippen molar-refractivity contribution < 1.29 is 19.3 Å². The monoisotopic (exact) mass is 110 g/mol. The first-order valence-corrected chi connectivity index (χ1v) is 1.49. The maximum atomic E-state index is 9.69. The Bertz CT molecular complexity index is 102. The number of carboxylic acids is 1. The molecule has 0 bridgehead atoms. The second-order valence-electron chi connectivity index (χ2n) is 0.797. The van der Waals surface area contributed by atoms with E-state index in [0.29, 0.717) is 0 Å². The Labute approximate surface area is 58.8 Å². The molecule has 0 atom stereocenters. The van der Waals surface area contributed by atoms with E-state index in [9.17, 15) is 9.59 Å². The molecule has 0 saturated carbocycles. The zero-order valence-electron chi connectivity index (χ0n) is 3.67. The molecule has 0 aromatic carbocycles. The van der Waals surface area contributed by atoms with Gasteiger partial charge >= 0.3 is 38.8 Å². The Morgan fingerprint density at radius 3 is 1.88 bits per heavy atom. The van der Waals surface area contributed by atoms with Crippen LogP contribution in [0.3, 0.4) is 0 Å². The maximum absolute atomic E-state index is 9.69. The number of carbonyl (C=O) groups excluding carboxylic acids is 1. The van der Waals surface area contributed by atoms with Gasteiger partial charge in [-0.2, -0.15) is 0 Å². The SMILES string of the molecule is BOC(=O)C(=O)O.[LiH]. The molecule has 0 aliphatic carbocycles. The van der Waals surface area contributed by atoms with Crippen LogP contribution >= 0.6 is 0 Å². The zero-order valence-corrected chi connectivity index (χ0v) is 3.67.